The third-order valence-corrected chi connectivity index (χ3v) is 7.73. The average Bonchev–Trinajstić information content (AvgIpc) is 3.22. The maximum Gasteiger partial charge on any atom is 0.251 e. The summed E-state index contributed by atoms with van der Waals surface area (Å²) >= 11 is 0. The van der Waals surface area contributed by atoms with Crippen molar-refractivity contribution in [3.63, 3.8) is 0 Å². The van der Waals surface area contributed by atoms with E-state index in [4.69, 9.17) is 4.74 Å². The number of fused-ring (bicyclic) bond motifs is 2. The molecule has 2 N–H and O–H groups in total. The zero-order chi connectivity index (χ0) is 20.7. The number of carbonyl (C=O) groups is 1. The summed E-state index contributed by atoms with van der Waals surface area (Å²) in [6.07, 6.45) is 5.05. The van der Waals surface area contributed by atoms with E-state index in [1.54, 1.807) is 26.8 Å². The Morgan fingerprint density at radius 1 is 1.21 bits per heavy atom. The van der Waals surface area contributed by atoms with E-state index in [2.05, 4.69) is 17.0 Å². The van der Waals surface area contributed by atoms with Crippen molar-refractivity contribution in [2.45, 2.75) is 69.9 Å². The summed E-state index contributed by atoms with van der Waals surface area (Å²) in [5.41, 5.74) is -0.316. The van der Waals surface area contributed by atoms with Crippen LogP contribution in [0.3, 0.4) is 0 Å². The van der Waals surface area contributed by atoms with Crippen LogP contribution in [0.15, 0.2) is 23.1 Å². The van der Waals surface area contributed by atoms with Crippen LogP contribution in [0.25, 0.3) is 0 Å². The van der Waals surface area contributed by atoms with Crippen LogP contribution in [0.2, 0.25) is 0 Å². The van der Waals surface area contributed by atoms with E-state index < -0.39 is 15.6 Å². The fourth-order valence-electron chi connectivity index (χ4n) is 4.79. The number of methoxy groups -OCH3 is 1. The van der Waals surface area contributed by atoms with E-state index in [9.17, 15) is 13.2 Å². The molecule has 0 saturated heterocycles. The first-order valence-electron chi connectivity index (χ1n) is 10.0. The van der Waals surface area contributed by atoms with Crippen molar-refractivity contribution in [2.24, 2.45) is 17.8 Å². The van der Waals surface area contributed by atoms with Crippen LogP contribution in [-0.2, 0) is 10.0 Å². The zero-order valence-corrected chi connectivity index (χ0v) is 18.2. The predicted octanol–water partition coefficient (Wildman–Crippen LogP) is 3.33. The number of nitrogens with one attached hydrogen (secondary N) is 2. The summed E-state index contributed by atoms with van der Waals surface area (Å²) in [7, 11) is -2.40. The molecule has 0 radical (unpaired) electrons. The Morgan fingerprint density at radius 2 is 1.93 bits per heavy atom. The molecular formula is C21H32N2O4S. The molecule has 2 aliphatic carbocycles. The summed E-state index contributed by atoms with van der Waals surface area (Å²) < 4.78 is 33.4. The highest BCUT2D eigenvalue weighted by Crippen LogP contribution is 2.49. The van der Waals surface area contributed by atoms with Crippen molar-refractivity contribution >= 4 is 15.9 Å². The summed E-state index contributed by atoms with van der Waals surface area (Å²) in [5.74, 6) is 2.02. The number of amides is 1. The Morgan fingerprint density at radius 3 is 2.46 bits per heavy atom. The van der Waals surface area contributed by atoms with Gasteiger partial charge in [-0.1, -0.05) is 6.42 Å². The number of ether oxygens (including phenoxy) is 1. The molecule has 0 spiro atoms. The van der Waals surface area contributed by atoms with Crippen molar-refractivity contribution in [3.8, 4) is 5.75 Å². The Labute approximate surface area is 168 Å². The number of rotatable bonds is 6. The number of sulfonamides is 1. The molecule has 2 aliphatic rings. The molecule has 1 aromatic carbocycles. The first-order valence-corrected chi connectivity index (χ1v) is 11.5. The van der Waals surface area contributed by atoms with Gasteiger partial charge in [-0.2, -0.15) is 0 Å². The highest BCUT2D eigenvalue weighted by atomic mass is 32.2. The lowest BCUT2D eigenvalue weighted by molar-refractivity contribution is 0.0915. The lowest BCUT2D eigenvalue weighted by atomic mass is 9.84. The fraction of sp³-hybridized carbons (Fsp3) is 0.667. The molecule has 7 heteroatoms. The first kappa shape index (κ1) is 21.1. The molecule has 1 amide bonds. The van der Waals surface area contributed by atoms with Crippen molar-refractivity contribution in [2.75, 3.05) is 7.11 Å². The molecule has 2 bridgehead atoms. The van der Waals surface area contributed by atoms with Crippen molar-refractivity contribution in [3.05, 3.63) is 23.8 Å². The third kappa shape index (κ3) is 4.51. The van der Waals surface area contributed by atoms with Gasteiger partial charge >= 0.3 is 0 Å². The van der Waals surface area contributed by atoms with Crippen LogP contribution in [0, 0.1) is 17.8 Å². The van der Waals surface area contributed by atoms with Gasteiger partial charge in [0, 0.05) is 17.1 Å². The van der Waals surface area contributed by atoms with Crippen LogP contribution in [0.4, 0.5) is 0 Å². The van der Waals surface area contributed by atoms with Gasteiger partial charge in [-0.15, -0.1) is 0 Å². The molecule has 28 heavy (non-hydrogen) atoms. The molecule has 4 unspecified atom stereocenters. The molecule has 0 aliphatic heterocycles. The van der Waals surface area contributed by atoms with Crippen LogP contribution in [-0.4, -0.2) is 33.0 Å². The SMILES string of the molecule is COc1ccc(C(=O)NC(C)C2CC3CCC2C3)cc1S(=O)(=O)NC(C)(C)C. The second kappa shape index (κ2) is 7.67. The van der Waals surface area contributed by atoms with E-state index in [0.29, 0.717) is 17.4 Å². The van der Waals surface area contributed by atoms with Gasteiger partial charge in [0.1, 0.15) is 10.6 Å². The van der Waals surface area contributed by atoms with Gasteiger partial charge < -0.3 is 10.1 Å². The number of hydrogen-bond acceptors (Lipinski definition) is 4. The minimum Gasteiger partial charge on any atom is -0.495 e. The monoisotopic (exact) mass is 408 g/mol. The van der Waals surface area contributed by atoms with Crippen molar-refractivity contribution in [1.82, 2.24) is 10.0 Å². The van der Waals surface area contributed by atoms with E-state index in [-0.39, 0.29) is 22.6 Å². The maximum atomic E-state index is 12.8. The highest BCUT2D eigenvalue weighted by Gasteiger charge is 2.42. The number of hydrogen-bond donors (Lipinski definition) is 2. The van der Waals surface area contributed by atoms with Gasteiger partial charge in [0.25, 0.3) is 5.91 Å². The van der Waals surface area contributed by atoms with Crippen LogP contribution in [0.1, 0.15) is 63.7 Å². The standard InChI is InChI=1S/C21H32N2O4S/c1-13(17-11-14-6-7-15(17)10-14)22-20(24)16-8-9-18(27-5)19(12-16)28(25,26)23-21(2,3)4/h8-9,12-15,17,23H,6-7,10-11H2,1-5H3,(H,22,24). The van der Waals surface area contributed by atoms with Crippen molar-refractivity contribution < 1.29 is 17.9 Å². The van der Waals surface area contributed by atoms with E-state index in [1.807, 2.05) is 0 Å². The molecule has 2 fully saturated rings. The molecule has 2 saturated carbocycles. The normalized spacial score (nSPS) is 25.5. The zero-order valence-electron chi connectivity index (χ0n) is 17.4. The molecule has 1 aromatic rings. The Bertz CT molecular complexity index is 844. The second-order valence-electron chi connectivity index (χ2n) is 9.32. The summed E-state index contributed by atoms with van der Waals surface area (Å²) in [5, 5.41) is 3.09. The van der Waals surface area contributed by atoms with Gasteiger partial charge in [-0.05, 0) is 82.9 Å². The van der Waals surface area contributed by atoms with Gasteiger partial charge in [-0.3, -0.25) is 4.79 Å². The van der Waals surface area contributed by atoms with Crippen LogP contribution in [0.5, 0.6) is 5.75 Å². The molecule has 0 aromatic heterocycles. The topological polar surface area (TPSA) is 84.5 Å². The first-order chi connectivity index (χ1) is 13.0. The number of benzene rings is 1. The molecule has 0 heterocycles. The lowest BCUT2D eigenvalue weighted by Crippen LogP contribution is -2.41. The quantitative estimate of drug-likeness (QED) is 0.756. The van der Waals surface area contributed by atoms with E-state index in [0.717, 1.165) is 5.92 Å². The van der Waals surface area contributed by atoms with Crippen LogP contribution < -0.4 is 14.8 Å². The highest BCUT2D eigenvalue weighted by molar-refractivity contribution is 7.89. The van der Waals surface area contributed by atoms with Gasteiger partial charge in [0.15, 0.2) is 0 Å². The maximum absolute atomic E-state index is 12.8. The lowest BCUT2D eigenvalue weighted by Gasteiger charge is -2.28. The van der Waals surface area contributed by atoms with Gasteiger partial charge in [0.05, 0.1) is 7.11 Å². The summed E-state index contributed by atoms with van der Waals surface area (Å²) in [6, 6.07) is 4.62. The Balaban J connectivity index is 1.79. The van der Waals surface area contributed by atoms with E-state index in [1.165, 1.54) is 44.9 Å². The van der Waals surface area contributed by atoms with Crippen LogP contribution >= 0.6 is 0 Å². The molecular weight excluding hydrogens is 376 g/mol. The smallest absolute Gasteiger partial charge is 0.251 e. The molecule has 156 valence electrons. The van der Waals surface area contributed by atoms with E-state index >= 15 is 0 Å². The minimum absolute atomic E-state index is 0.0230. The molecule has 4 atom stereocenters. The predicted molar refractivity (Wildman–Crippen MR) is 109 cm³/mol. The molecule has 6 nitrogen and oxygen atoms in total. The van der Waals surface area contributed by atoms with Gasteiger partial charge in [0.2, 0.25) is 10.0 Å². The summed E-state index contributed by atoms with van der Waals surface area (Å²) in [4.78, 5) is 12.8. The largest absolute Gasteiger partial charge is 0.495 e. The molecule has 3 rings (SSSR count). The average molecular weight is 409 g/mol. The third-order valence-electron chi connectivity index (χ3n) is 5.95. The second-order valence-corrected chi connectivity index (χ2v) is 11.0. The number of carbonyl (C=O) groups excluding carboxylic acids is 1. The minimum atomic E-state index is -3.82. The summed E-state index contributed by atoms with van der Waals surface area (Å²) in [6.45, 7) is 7.37. The van der Waals surface area contributed by atoms with Crippen molar-refractivity contribution in [1.29, 1.82) is 0 Å². The van der Waals surface area contributed by atoms with Gasteiger partial charge in [-0.25, -0.2) is 13.1 Å². The Hall–Kier alpha value is -1.60. The Kier molecular flexibility index (Phi) is 5.79. The fourth-order valence-corrected chi connectivity index (χ4v) is 6.40.